The number of carboxylic acids is 1. The van der Waals surface area contributed by atoms with Crippen molar-refractivity contribution in [2.45, 2.75) is 13.0 Å². The third kappa shape index (κ3) is 3.24. The normalized spacial score (nSPS) is 16.7. The first-order valence-corrected chi connectivity index (χ1v) is 8.64. The van der Waals surface area contributed by atoms with Gasteiger partial charge < -0.3 is 29.7 Å². The summed E-state index contributed by atoms with van der Waals surface area (Å²) in [5, 5.41) is 29.4. The summed E-state index contributed by atoms with van der Waals surface area (Å²) in [7, 11) is 1.95. The van der Waals surface area contributed by atoms with E-state index in [1.165, 1.54) is 4.57 Å². The number of fused-ring (bicyclic) bond motifs is 1. The monoisotopic (exact) mass is 379 g/mol. The van der Waals surface area contributed by atoms with E-state index >= 15 is 0 Å². The maximum absolute atomic E-state index is 14.8. The Bertz CT molecular complexity index is 950. The van der Waals surface area contributed by atoms with E-state index in [1.54, 1.807) is 11.8 Å². The van der Waals surface area contributed by atoms with Gasteiger partial charge in [-0.05, 0) is 20.0 Å². The van der Waals surface area contributed by atoms with Gasteiger partial charge in [-0.2, -0.15) is 0 Å². The number of piperazine rings is 1. The van der Waals surface area contributed by atoms with Crippen molar-refractivity contribution < 1.29 is 24.5 Å². The number of hydrogen-bond donors (Lipinski definition) is 3. The lowest BCUT2D eigenvalue weighted by Crippen LogP contribution is -2.44. The molecule has 27 heavy (non-hydrogen) atoms. The van der Waals surface area contributed by atoms with Crippen molar-refractivity contribution in [3.8, 4) is 5.75 Å². The SMILES string of the molecule is CC(CO)n1cc(C(=O)O)c(=O)c2cc(F)c(N3CCN(C)CC3)c(O)c21. The van der Waals surface area contributed by atoms with Crippen LogP contribution < -0.4 is 10.3 Å². The second kappa shape index (κ2) is 7.16. The molecule has 1 aromatic heterocycles. The number of rotatable bonds is 4. The summed E-state index contributed by atoms with van der Waals surface area (Å²) in [6.07, 6.45) is 1.08. The first-order valence-electron chi connectivity index (χ1n) is 8.64. The molecule has 1 aliphatic heterocycles. The molecule has 0 amide bonds. The summed E-state index contributed by atoms with van der Waals surface area (Å²) < 4.78 is 16.1. The van der Waals surface area contributed by atoms with Gasteiger partial charge in [0.15, 0.2) is 11.6 Å². The molecule has 1 aromatic carbocycles. The van der Waals surface area contributed by atoms with Gasteiger partial charge in [-0.1, -0.05) is 0 Å². The van der Waals surface area contributed by atoms with Crippen molar-refractivity contribution in [2.24, 2.45) is 0 Å². The van der Waals surface area contributed by atoms with Crippen LogP contribution in [0.1, 0.15) is 23.3 Å². The molecule has 146 valence electrons. The molecule has 9 heteroatoms. The van der Waals surface area contributed by atoms with Crippen LogP contribution >= 0.6 is 0 Å². The van der Waals surface area contributed by atoms with Crippen molar-refractivity contribution in [3.63, 3.8) is 0 Å². The van der Waals surface area contributed by atoms with Crippen LogP contribution in [0.5, 0.6) is 5.75 Å². The van der Waals surface area contributed by atoms with Gasteiger partial charge in [0, 0.05) is 32.4 Å². The van der Waals surface area contributed by atoms with Crippen molar-refractivity contribution in [2.75, 3.05) is 44.7 Å². The largest absolute Gasteiger partial charge is 0.504 e. The average Bonchev–Trinajstić information content (AvgIpc) is 2.63. The number of phenols is 1. The zero-order valence-corrected chi connectivity index (χ0v) is 15.1. The summed E-state index contributed by atoms with van der Waals surface area (Å²) >= 11 is 0. The number of anilines is 1. The van der Waals surface area contributed by atoms with Crippen LogP contribution in [0.15, 0.2) is 17.1 Å². The lowest BCUT2D eigenvalue weighted by Gasteiger charge is -2.35. The average molecular weight is 379 g/mol. The molecule has 1 atom stereocenters. The number of carbonyl (C=O) groups is 1. The molecule has 2 aromatic rings. The highest BCUT2D eigenvalue weighted by Gasteiger charge is 2.27. The van der Waals surface area contributed by atoms with Gasteiger partial charge in [-0.25, -0.2) is 9.18 Å². The summed E-state index contributed by atoms with van der Waals surface area (Å²) in [6, 6.07) is 0.348. The van der Waals surface area contributed by atoms with E-state index in [0.29, 0.717) is 26.2 Å². The van der Waals surface area contributed by atoms with Crippen molar-refractivity contribution in [1.29, 1.82) is 0 Å². The lowest BCUT2D eigenvalue weighted by molar-refractivity contribution is 0.0694. The Morgan fingerprint density at radius 2 is 1.93 bits per heavy atom. The molecule has 0 saturated carbocycles. The quantitative estimate of drug-likeness (QED) is 0.723. The minimum absolute atomic E-state index is 0.0156. The third-order valence-electron chi connectivity index (χ3n) is 5.01. The number of aliphatic hydroxyl groups is 1. The number of hydrogen-bond acceptors (Lipinski definition) is 6. The number of phenolic OH excluding ortho intramolecular Hbond substituents is 1. The topological polar surface area (TPSA) is 106 Å². The van der Waals surface area contributed by atoms with Crippen LogP contribution in [0.4, 0.5) is 10.1 Å². The molecule has 0 spiro atoms. The van der Waals surface area contributed by atoms with Crippen molar-refractivity contribution >= 4 is 22.6 Å². The minimum atomic E-state index is -1.45. The van der Waals surface area contributed by atoms with Crippen LogP contribution in [0.3, 0.4) is 0 Å². The van der Waals surface area contributed by atoms with Crippen LogP contribution in [0.2, 0.25) is 0 Å². The molecule has 0 bridgehead atoms. The van der Waals surface area contributed by atoms with Gasteiger partial charge in [-0.3, -0.25) is 4.79 Å². The van der Waals surface area contributed by atoms with Gasteiger partial charge in [0.2, 0.25) is 5.43 Å². The van der Waals surface area contributed by atoms with E-state index in [1.807, 2.05) is 7.05 Å². The summed E-state index contributed by atoms with van der Waals surface area (Å²) in [5.74, 6) is -2.67. The fourth-order valence-corrected chi connectivity index (χ4v) is 3.38. The number of pyridine rings is 1. The molecule has 3 N–H and O–H groups in total. The van der Waals surface area contributed by atoms with E-state index in [4.69, 9.17) is 0 Å². The van der Waals surface area contributed by atoms with Crippen molar-refractivity contribution in [3.05, 3.63) is 33.9 Å². The fraction of sp³-hybridized carbons (Fsp3) is 0.444. The number of aromatic nitrogens is 1. The second-order valence-corrected chi connectivity index (χ2v) is 6.86. The Hall–Kier alpha value is -2.65. The van der Waals surface area contributed by atoms with Gasteiger partial charge in [0.25, 0.3) is 0 Å². The van der Waals surface area contributed by atoms with E-state index in [9.17, 15) is 29.3 Å². The first kappa shape index (κ1) is 19.1. The van der Waals surface area contributed by atoms with Crippen LogP contribution in [0, 0.1) is 5.82 Å². The number of carboxylic acid groups (broad SMARTS) is 1. The predicted octanol–water partition coefficient (Wildman–Crippen LogP) is 0.850. The first-order chi connectivity index (χ1) is 12.8. The van der Waals surface area contributed by atoms with Gasteiger partial charge in [0.1, 0.15) is 11.3 Å². The highest BCUT2D eigenvalue weighted by Crippen LogP contribution is 2.38. The Balaban J connectivity index is 2.32. The molecule has 2 heterocycles. The van der Waals surface area contributed by atoms with Crippen LogP contribution in [-0.2, 0) is 0 Å². The molecule has 0 radical (unpaired) electrons. The standard InChI is InChI=1S/C18H22FN3O5/c1-10(9-23)22-8-12(18(26)27)16(24)11-7-13(19)15(17(25)14(11)22)21-5-3-20(2)4-6-21/h7-8,10,23,25H,3-6,9H2,1-2H3,(H,26,27). The molecule has 1 saturated heterocycles. The number of aromatic hydroxyl groups is 1. The maximum Gasteiger partial charge on any atom is 0.341 e. The number of aromatic carboxylic acids is 1. The Kier molecular flexibility index (Phi) is 5.07. The molecular formula is C18H22FN3O5. The molecule has 1 aliphatic rings. The van der Waals surface area contributed by atoms with E-state index in [-0.39, 0.29) is 23.2 Å². The number of benzene rings is 1. The third-order valence-corrected chi connectivity index (χ3v) is 5.01. The van der Waals surface area contributed by atoms with E-state index in [2.05, 4.69) is 4.90 Å². The minimum Gasteiger partial charge on any atom is -0.504 e. The second-order valence-electron chi connectivity index (χ2n) is 6.86. The van der Waals surface area contributed by atoms with Gasteiger partial charge in [0.05, 0.1) is 23.6 Å². The predicted molar refractivity (Wildman–Crippen MR) is 98.3 cm³/mol. The highest BCUT2D eigenvalue weighted by molar-refractivity contribution is 5.96. The molecule has 8 nitrogen and oxygen atoms in total. The molecule has 0 aliphatic carbocycles. The Morgan fingerprint density at radius 3 is 2.48 bits per heavy atom. The summed E-state index contributed by atoms with van der Waals surface area (Å²) in [4.78, 5) is 27.7. The van der Waals surface area contributed by atoms with Crippen LogP contribution in [0.25, 0.3) is 10.9 Å². The number of likely N-dealkylation sites (N-methyl/N-ethyl adjacent to an activating group) is 1. The number of aliphatic hydroxyl groups excluding tert-OH is 1. The Labute approximate surface area is 154 Å². The van der Waals surface area contributed by atoms with E-state index < -0.39 is 34.6 Å². The van der Waals surface area contributed by atoms with E-state index in [0.717, 1.165) is 12.3 Å². The Morgan fingerprint density at radius 1 is 1.30 bits per heavy atom. The van der Waals surface area contributed by atoms with Gasteiger partial charge in [-0.15, -0.1) is 0 Å². The molecule has 1 fully saturated rings. The molecular weight excluding hydrogens is 357 g/mol. The fourth-order valence-electron chi connectivity index (χ4n) is 3.38. The zero-order chi connectivity index (χ0) is 19.9. The number of nitrogens with zero attached hydrogens (tertiary/aromatic N) is 3. The maximum atomic E-state index is 14.8. The van der Waals surface area contributed by atoms with Gasteiger partial charge >= 0.3 is 5.97 Å². The molecule has 3 rings (SSSR count). The lowest BCUT2D eigenvalue weighted by atomic mass is 10.1. The zero-order valence-electron chi connectivity index (χ0n) is 15.1. The van der Waals surface area contributed by atoms with Crippen LogP contribution in [-0.4, -0.2) is 70.6 Å². The summed E-state index contributed by atoms with van der Waals surface area (Å²) in [5.41, 5.74) is -1.43. The number of halogens is 1. The summed E-state index contributed by atoms with van der Waals surface area (Å²) in [6.45, 7) is 3.63. The van der Waals surface area contributed by atoms with Crippen molar-refractivity contribution in [1.82, 2.24) is 9.47 Å². The molecule has 1 unspecified atom stereocenters. The smallest absolute Gasteiger partial charge is 0.341 e. The highest BCUT2D eigenvalue weighted by atomic mass is 19.1.